The van der Waals surface area contributed by atoms with Gasteiger partial charge in [0.05, 0.1) is 6.04 Å². The lowest BCUT2D eigenvalue weighted by atomic mass is 9.94. The lowest BCUT2D eigenvalue weighted by Gasteiger charge is -2.30. The number of hydrogen-bond acceptors (Lipinski definition) is 5. The van der Waals surface area contributed by atoms with Crippen LogP contribution in [-0.4, -0.2) is 53.0 Å². The maximum Gasteiger partial charge on any atom is 0.326 e. The first-order valence-corrected chi connectivity index (χ1v) is 11.7. The number of carbonyl (C=O) groups excluding carboxylic acids is 3. The summed E-state index contributed by atoms with van der Waals surface area (Å²) in [6, 6.07) is -3.60. The van der Waals surface area contributed by atoms with E-state index in [4.69, 9.17) is 5.73 Å². The Morgan fingerprint density at radius 3 is 1.44 bits per heavy atom. The molecule has 0 radical (unpaired) electrons. The topological polar surface area (TPSA) is 151 Å². The first-order chi connectivity index (χ1) is 14.8. The van der Waals surface area contributed by atoms with Crippen molar-refractivity contribution in [2.24, 2.45) is 29.4 Å². The van der Waals surface area contributed by atoms with Gasteiger partial charge in [0.25, 0.3) is 0 Å². The van der Waals surface area contributed by atoms with Gasteiger partial charge in [0, 0.05) is 0 Å². The van der Waals surface area contributed by atoms with Crippen molar-refractivity contribution in [2.45, 2.75) is 98.8 Å². The van der Waals surface area contributed by atoms with E-state index in [0.29, 0.717) is 12.8 Å². The molecular weight excluding hydrogens is 412 g/mol. The summed E-state index contributed by atoms with van der Waals surface area (Å²) in [7, 11) is 0. The number of amides is 3. The van der Waals surface area contributed by atoms with E-state index in [1.54, 1.807) is 20.8 Å². The molecule has 0 aliphatic heterocycles. The summed E-state index contributed by atoms with van der Waals surface area (Å²) in [5, 5.41) is 17.5. The van der Waals surface area contributed by atoms with Gasteiger partial charge in [-0.15, -0.1) is 0 Å². The Bertz CT molecular complexity index is 640. The molecule has 9 nitrogen and oxygen atoms in total. The molecule has 0 aliphatic rings. The molecule has 0 rings (SSSR count). The third-order valence-corrected chi connectivity index (χ3v) is 6.38. The van der Waals surface area contributed by atoms with E-state index >= 15 is 0 Å². The molecule has 0 spiro atoms. The largest absolute Gasteiger partial charge is 0.480 e. The van der Waals surface area contributed by atoms with Gasteiger partial charge in [-0.2, -0.15) is 0 Å². The van der Waals surface area contributed by atoms with Crippen LogP contribution in [0.3, 0.4) is 0 Å². The molecule has 7 atom stereocenters. The highest BCUT2D eigenvalue weighted by atomic mass is 16.4. The van der Waals surface area contributed by atoms with Crippen molar-refractivity contribution in [3.05, 3.63) is 0 Å². The van der Waals surface area contributed by atoms with Crippen molar-refractivity contribution in [3.8, 4) is 0 Å². The summed E-state index contributed by atoms with van der Waals surface area (Å²) in [6.07, 6.45) is 1.93. The second-order valence-electron chi connectivity index (χ2n) is 9.22. The molecule has 32 heavy (non-hydrogen) atoms. The van der Waals surface area contributed by atoms with E-state index in [9.17, 15) is 24.3 Å². The number of carboxylic acids is 1. The minimum Gasteiger partial charge on any atom is -0.480 e. The van der Waals surface area contributed by atoms with Crippen LogP contribution in [-0.2, 0) is 19.2 Å². The van der Waals surface area contributed by atoms with Crippen LogP contribution in [0.5, 0.6) is 0 Å². The average molecular weight is 457 g/mol. The van der Waals surface area contributed by atoms with Gasteiger partial charge < -0.3 is 26.8 Å². The molecule has 6 N–H and O–H groups in total. The van der Waals surface area contributed by atoms with Crippen molar-refractivity contribution >= 4 is 23.7 Å². The number of hydrogen-bond donors (Lipinski definition) is 5. The molecule has 9 heteroatoms. The van der Waals surface area contributed by atoms with E-state index in [0.717, 1.165) is 6.42 Å². The van der Waals surface area contributed by atoms with E-state index < -0.39 is 47.9 Å². The summed E-state index contributed by atoms with van der Waals surface area (Å²) >= 11 is 0. The van der Waals surface area contributed by atoms with E-state index in [2.05, 4.69) is 16.0 Å². The fraction of sp³-hybridized carbons (Fsp3) is 0.826. The third-order valence-electron chi connectivity index (χ3n) is 6.38. The van der Waals surface area contributed by atoms with Crippen LogP contribution in [0.2, 0.25) is 0 Å². The molecule has 0 aromatic rings. The number of nitrogens with two attached hydrogens (primary N) is 1. The molecule has 0 heterocycles. The normalized spacial score (nSPS) is 17.9. The van der Waals surface area contributed by atoms with Gasteiger partial charge in [-0.05, 0) is 23.7 Å². The van der Waals surface area contributed by atoms with Crippen LogP contribution in [0.15, 0.2) is 0 Å². The predicted octanol–water partition coefficient (Wildman–Crippen LogP) is 1.65. The van der Waals surface area contributed by atoms with Crippen molar-refractivity contribution < 1.29 is 24.3 Å². The maximum atomic E-state index is 13.1. The highest BCUT2D eigenvalue weighted by molar-refractivity contribution is 5.94. The van der Waals surface area contributed by atoms with E-state index in [1.165, 1.54) is 0 Å². The van der Waals surface area contributed by atoms with Gasteiger partial charge in [0.1, 0.15) is 18.1 Å². The lowest BCUT2D eigenvalue weighted by molar-refractivity contribution is -0.144. The van der Waals surface area contributed by atoms with E-state index in [1.807, 2.05) is 34.6 Å². The van der Waals surface area contributed by atoms with Gasteiger partial charge >= 0.3 is 5.97 Å². The Morgan fingerprint density at radius 2 is 1.03 bits per heavy atom. The van der Waals surface area contributed by atoms with Gasteiger partial charge in [-0.25, -0.2) is 4.79 Å². The molecule has 0 aromatic carbocycles. The number of carbonyl (C=O) groups is 4. The van der Waals surface area contributed by atoms with Gasteiger partial charge in [-0.1, -0.05) is 74.7 Å². The molecule has 0 fully saturated rings. The van der Waals surface area contributed by atoms with Crippen molar-refractivity contribution in [2.75, 3.05) is 0 Å². The Labute approximate surface area is 192 Å². The zero-order chi connectivity index (χ0) is 25.2. The quantitative estimate of drug-likeness (QED) is 0.268. The molecule has 0 saturated heterocycles. The molecule has 0 aliphatic carbocycles. The standard InChI is InChI=1S/C23H44N4O5/c1-9-13(6)16(24)20(28)26-18(14(7)10-2)22(30)25-17(12(4)5)21(29)27-19(23(31)32)15(8)11-3/h12-19H,9-11,24H2,1-8H3,(H,25,30)(H,26,28)(H,27,29)(H,31,32). The van der Waals surface area contributed by atoms with Crippen LogP contribution >= 0.6 is 0 Å². The first-order valence-electron chi connectivity index (χ1n) is 11.7. The number of aliphatic carboxylic acids is 1. The minimum absolute atomic E-state index is 0.0432. The molecule has 7 unspecified atom stereocenters. The predicted molar refractivity (Wildman–Crippen MR) is 125 cm³/mol. The second-order valence-corrected chi connectivity index (χ2v) is 9.22. The number of carboxylic acid groups (broad SMARTS) is 1. The Hall–Kier alpha value is -2.16. The fourth-order valence-electron chi connectivity index (χ4n) is 3.17. The zero-order valence-corrected chi connectivity index (χ0v) is 20.9. The smallest absolute Gasteiger partial charge is 0.326 e. The Kier molecular flexibility index (Phi) is 13.1. The van der Waals surface area contributed by atoms with Crippen LogP contribution in [0.25, 0.3) is 0 Å². The van der Waals surface area contributed by atoms with Gasteiger partial charge in [0.15, 0.2) is 0 Å². The molecule has 0 aromatic heterocycles. The summed E-state index contributed by atoms with van der Waals surface area (Å²) in [5.74, 6) is -3.38. The Morgan fingerprint density at radius 1 is 0.656 bits per heavy atom. The number of nitrogens with one attached hydrogen (secondary N) is 3. The first kappa shape index (κ1) is 29.8. The van der Waals surface area contributed by atoms with Crippen molar-refractivity contribution in [1.82, 2.24) is 16.0 Å². The third kappa shape index (κ3) is 8.76. The van der Waals surface area contributed by atoms with Gasteiger partial charge in [0.2, 0.25) is 17.7 Å². The maximum absolute atomic E-state index is 13.1. The summed E-state index contributed by atoms with van der Waals surface area (Å²) in [4.78, 5) is 50.2. The summed E-state index contributed by atoms with van der Waals surface area (Å²) in [5.41, 5.74) is 6.02. The molecule has 0 bridgehead atoms. The Balaban J connectivity index is 5.56. The van der Waals surface area contributed by atoms with Crippen molar-refractivity contribution in [3.63, 3.8) is 0 Å². The fourth-order valence-corrected chi connectivity index (χ4v) is 3.17. The minimum atomic E-state index is -1.12. The van der Waals surface area contributed by atoms with Gasteiger partial charge in [-0.3, -0.25) is 14.4 Å². The summed E-state index contributed by atoms with van der Waals surface area (Å²) < 4.78 is 0. The summed E-state index contributed by atoms with van der Waals surface area (Å²) in [6.45, 7) is 14.7. The number of rotatable bonds is 14. The molecular formula is C23H44N4O5. The highest BCUT2D eigenvalue weighted by Gasteiger charge is 2.35. The molecule has 0 saturated carbocycles. The van der Waals surface area contributed by atoms with Crippen LogP contribution in [0, 0.1) is 23.7 Å². The van der Waals surface area contributed by atoms with Crippen LogP contribution in [0.4, 0.5) is 0 Å². The highest BCUT2D eigenvalue weighted by Crippen LogP contribution is 2.13. The molecule has 3 amide bonds. The van der Waals surface area contributed by atoms with E-state index in [-0.39, 0.29) is 23.7 Å². The average Bonchev–Trinajstić information content (AvgIpc) is 2.75. The molecule has 186 valence electrons. The zero-order valence-electron chi connectivity index (χ0n) is 20.9. The van der Waals surface area contributed by atoms with Crippen LogP contribution in [0.1, 0.15) is 74.7 Å². The second kappa shape index (κ2) is 14.1. The lowest BCUT2D eigenvalue weighted by Crippen LogP contribution is -2.60. The van der Waals surface area contributed by atoms with Crippen molar-refractivity contribution in [1.29, 1.82) is 0 Å². The van der Waals surface area contributed by atoms with Crippen LogP contribution < -0.4 is 21.7 Å². The monoisotopic (exact) mass is 456 g/mol. The SMILES string of the molecule is CCC(C)C(N)C(=O)NC(C(=O)NC(C(=O)NC(C(=O)O)C(C)CC)C(C)C)C(C)CC.